The number of hydrogen-bond acceptors (Lipinski definition) is 5. The van der Waals surface area contributed by atoms with Crippen molar-refractivity contribution < 1.29 is 24.5 Å². The molecule has 0 radical (unpaired) electrons. The third kappa shape index (κ3) is 3.98. The largest absolute Gasteiger partial charge is 0.508 e. The average Bonchev–Trinajstić information content (AvgIpc) is 2.50. The van der Waals surface area contributed by atoms with E-state index in [0.717, 1.165) is 5.56 Å². The summed E-state index contributed by atoms with van der Waals surface area (Å²) in [5, 5.41) is 17.6. The van der Waals surface area contributed by atoms with E-state index in [-0.39, 0.29) is 24.9 Å². The van der Waals surface area contributed by atoms with Crippen molar-refractivity contribution in [3.05, 3.63) is 29.8 Å². The number of carboxylic acids is 1. The predicted octanol–water partition coefficient (Wildman–Crippen LogP) is 1.43. The maximum atomic E-state index is 12.7. The molecule has 8 heteroatoms. The van der Waals surface area contributed by atoms with Crippen molar-refractivity contribution >= 4 is 13.3 Å². The van der Waals surface area contributed by atoms with E-state index in [1.807, 2.05) is 11.0 Å². The molecule has 134 valence electrons. The Morgan fingerprint density at radius 3 is 2.75 bits per heavy atom. The summed E-state index contributed by atoms with van der Waals surface area (Å²) >= 11 is 0. The van der Waals surface area contributed by atoms with Gasteiger partial charge in [0.05, 0.1) is 0 Å². The van der Waals surface area contributed by atoms with Gasteiger partial charge < -0.3 is 20.8 Å². The van der Waals surface area contributed by atoms with Crippen LogP contribution in [0.4, 0.5) is 0 Å². The molecule has 0 saturated carbocycles. The Hall–Kier alpha value is -1.40. The van der Waals surface area contributed by atoms with Crippen LogP contribution in [0.15, 0.2) is 24.3 Å². The molecule has 1 fully saturated rings. The van der Waals surface area contributed by atoms with E-state index in [1.54, 1.807) is 18.2 Å². The number of carbonyl (C=O) groups is 1. The van der Waals surface area contributed by atoms with Crippen LogP contribution in [0.5, 0.6) is 5.75 Å². The quantitative estimate of drug-likeness (QED) is 0.430. The van der Waals surface area contributed by atoms with Gasteiger partial charge in [-0.05, 0) is 37.1 Å². The van der Waals surface area contributed by atoms with Crippen LogP contribution in [0.3, 0.4) is 0 Å². The van der Waals surface area contributed by atoms with E-state index in [9.17, 15) is 24.5 Å². The molecule has 0 spiro atoms. The maximum Gasteiger partial charge on any atom is 0.320 e. The van der Waals surface area contributed by atoms with Crippen molar-refractivity contribution in [3.8, 4) is 5.75 Å². The SMILES string of the molecule is NCCCCC1(C(=O)O)CN(Cc2cccc(O)c2)CCP1(=O)O. The molecule has 1 aromatic rings. The monoisotopic (exact) mass is 356 g/mol. The lowest BCUT2D eigenvalue weighted by atomic mass is 9.99. The van der Waals surface area contributed by atoms with Gasteiger partial charge in [0, 0.05) is 25.8 Å². The molecule has 1 heterocycles. The third-order valence-electron chi connectivity index (χ3n) is 4.63. The van der Waals surface area contributed by atoms with Crippen LogP contribution in [-0.2, 0) is 15.9 Å². The first kappa shape index (κ1) is 18.9. The number of unbranched alkanes of at least 4 members (excludes halogenated alkanes) is 1. The molecule has 2 unspecified atom stereocenters. The summed E-state index contributed by atoms with van der Waals surface area (Å²) in [5.41, 5.74) is 6.30. The molecule has 1 aromatic carbocycles. The van der Waals surface area contributed by atoms with Gasteiger partial charge in [-0.15, -0.1) is 0 Å². The molecule has 2 rings (SSSR count). The van der Waals surface area contributed by atoms with E-state index >= 15 is 0 Å². The molecule has 2 atom stereocenters. The van der Waals surface area contributed by atoms with Gasteiger partial charge in [-0.2, -0.15) is 0 Å². The first-order chi connectivity index (χ1) is 11.3. The molecule has 7 nitrogen and oxygen atoms in total. The van der Waals surface area contributed by atoms with E-state index in [4.69, 9.17) is 5.73 Å². The Balaban J connectivity index is 2.20. The van der Waals surface area contributed by atoms with Crippen molar-refractivity contribution in [3.63, 3.8) is 0 Å². The minimum atomic E-state index is -3.81. The molecule has 0 amide bonds. The molecule has 24 heavy (non-hydrogen) atoms. The molecule has 1 aliphatic rings. The smallest absolute Gasteiger partial charge is 0.320 e. The number of aromatic hydroxyl groups is 1. The molecule has 0 bridgehead atoms. The number of rotatable bonds is 7. The van der Waals surface area contributed by atoms with Gasteiger partial charge in [0.1, 0.15) is 5.75 Å². The van der Waals surface area contributed by atoms with Gasteiger partial charge in [-0.1, -0.05) is 18.6 Å². The summed E-state index contributed by atoms with van der Waals surface area (Å²) in [5.74, 6) is -1.07. The fourth-order valence-corrected chi connectivity index (χ4v) is 5.45. The zero-order valence-electron chi connectivity index (χ0n) is 13.6. The second kappa shape index (κ2) is 7.66. The summed E-state index contributed by atoms with van der Waals surface area (Å²) in [4.78, 5) is 24.1. The number of phenolic OH excluding ortho intramolecular Hbond substituents is 1. The van der Waals surface area contributed by atoms with Gasteiger partial charge in [0.25, 0.3) is 0 Å². The molecular weight excluding hydrogens is 331 g/mol. The summed E-state index contributed by atoms with van der Waals surface area (Å²) < 4.78 is 12.7. The summed E-state index contributed by atoms with van der Waals surface area (Å²) in [6.45, 7) is 1.24. The minimum absolute atomic E-state index is 0.0241. The average molecular weight is 356 g/mol. The third-order valence-corrected chi connectivity index (χ3v) is 7.33. The van der Waals surface area contributed by atoms with Crippen LogP contribution in [-0.4, -0.2) is 56.9 Å². The Morgan fingerprint density at radius 1 is 1.38 bits per heavy atom. The van der Waals surface area contributed by atoms with Crippen LogP contribution in [0.2, 0.25) is 0 Å². The Labute approximate surface area is 141 Å². The topological polar surface area (TPSA) is 124 Å². The first-order valence-electron chi connectivity index (χ1n) is 8.06. The lowest BCUT2D eigenvalue weighted by Gasteiger charge is -2.43. The number of phenols is 1. The number of nitrogens with two attached hydrogens (primary N) is 1. The highest BCUT2D eigenvalue weighted by atomic mass is 31.2. The molecule has 1 aliphatic heterocycles. The van der Waals surface area contributed by atoms with Gasteiger partial charge >= 0.3 is 5.97 Å². The lowest BCUT2D eigenvalue weighted by Crippen LogP contribution is -2.53. The van der Waals surface area contributed by atoms with Crippen molar-refractivity contribution in [2.24, 2.45) is 5.73 Å². The summed E-state index contributed by atoms with van der Waals surface area (Å²) in [6, 6.07) is 6.74. The van der Waals surface area contributed by atoms with E-state index < -0.39 is 18.5 Å². The van der Waals surface area contributed by atoms with Crippen LogP contribution in [0.25, 0.3) is 0 Å². The van der Waals surface area contributed by atoms with Gasteiger partial charge in [0.2, 0.25) is 7.37 Å². The van der Waals surface area contributed by atoms with Crippen LogP contribution < -0.4 is 5.73 Å². The standard InChI is InChI=1S/C16H25N2O5P/c17-7-2-1-6-16(15(20)21)12-18(8-9-24(16,22)23)11-13-4-3-5-14(19)10-13/h3-5,10,19H,1-2,6-9,11-12,17H2,(H,20,21)(H,22,23). The second-order valence-electron chi connectivity index (χ2n) is 6.39. The molecule has 0 aromatic heterocycles. The minimum Gasteiger partial charge on any atom is -0.508 e. The van der Waals surface area contributed by atoms with Crippen LogP contribution in [0, 0.1) is 0 Å². The maximum absolute atomic E-state index is 12.7. The van der Waals surface area contributed by atoms with Crippen molar-refractivity contribution in [1.82, 2.24) is 4.90 Å². The predicted molar refractivity (Wildman–Crippen MR) is 91.3 cm³/mol. The van der Waals surface area contributed by atoms with Crippen LogP contribution in [0.1, 0.15) is 24.8 Å². The van der Waals surface area contributed by atoms with Gasteiger partial charge in [0.15, 0.2) is 5.16 Å². The zero-order valence-corrected chi connectivity index (χ0v) is 14.5. The first-order valence-corrected chi connectivity index (χ1v) is 9.91. The fourth-order valence-electron chi connectivity index (χ4n) is 3.24. The Bertz CT molecular complexity index is 639. The van der Waals surface area contributed by atoms with E-state index in [0.29, 0.717) is 32.5 Å². The van der Waals surface area contributed by atoms with Crippen LogP contribution >= 0.6 is 7.37 Å². The van der Waals surface area contributed by atoms with Crippen molar-refractivity contribution in [2.45, 2.75) is 31.0 Å². The summed E-state index contributed by atoms with van der Waals surface area (Å²) in [6.07, 6.45) is 1.24. The normalized spacial score (nSPS) is 27.9. The van der Waals surface area contributed by atoms with Crippen molar-refractivity contribution in [2.75, 3.05) is 25.8 Å². The number of carboxylic acid groups (broad SMARTS) is 1. The summed E-state index contributed by atoms with van der Waals surface area (Å²) in [7, 11) is -3.81. The number of aliphatic carboxylic acids is 1. The highest BCUT2D eigenvalue weighted by Gasteiger charge is 2.56. The second-order valence-corrected chi connectivity index (χ2v) is 9.09. The molecular formula is C16H25N2O5P. The molecule has 0 aliphatic carbocycles. The van der Waals surface area contributed by atoms with Gasteiger partial charge in [-0.25, -0.2) is 0 Å². The highest BCUT2D eigenvalue weighted by Crippen LogP contribution is 2.59. The number of hydrogen-bond donors (Lipinski definition) is 4. The Kier molecular flexibility index (Phi) is 6.04. The molecule has 1 saturated heterocycles. The van der Waals surface area contributed by atoms with E-state index in [1.165, 1.54) is 0 Å². The number of nitrogens with zero attached hydrogens (tertiary/aromatic N) is 1. The number of benzene rings is 1. The highest BCUT2D eigenvalue weighted by molar-refractivity contribution is 7.61. The van der Waals surface area contributed by atoms with Gasteiger partial charge in [-0.3, -0.25) is 14.3 Å². The fraction of sp³-hybridized carbons (Fsp3) is 0.562. The lowest BCUT2D eigenvalue weighted by molar-refractivity contribution is -0.141. The zero-order chi connectivity index (χ0) is 17.8. The molecule has 5 N–H and O–H groups in total. The van der Waals surface area contributed by atoms with Crippen molar-refractivity contribution in [1.29, 1.82) is 0 Å². The van der Waals surface area contributed by atoms with E-state index in [2.05, 4.69) is 0 Å². The Morgan fingerprint density at radius 2 is 2.12 bits per heavy atom.